The lowest BCUT2D eigenvalue weighted by molar-refractivity contribution is 0.354. The van der Waals surface area contributed by atoms with E-state index < -0.39 is 0 Å². The highest BCUT2D eigenvalue weighted by molar-refractivity contribution is 14.1. The topological polar surface area (TPSA) is 64.2 Å². The molecule has 0 saturated heterocycles. The zero-order chi connectivity index (χ0) is 20.1. The zero-order valence-electron chi connectivity index (χ0n) is 15.3. The first-order valence-electron chi connectivity index (χ1n) is 8.37. The normalized spacial score (nSPS) is 10.7. The number of aromatic nitrogens is 2. The summed E-state index contributed by atoms with van der Waals surface area (Å²) in [6.45, 7) is 0. The summed E-state index contributed by atoms with van der Waals surface area (Å²) < 4.78 is 11.8. The Balaban J connectivity index is 1.81. The second-order valence-electron chi connectivity index (χ2n) is 5.91. The van der Waals surface area contributed by atoms with E-state index in [-0.39, 0.29) is 10.6 Å². The Kier molecular flexibility index (Phi) is 7.25. The first-order chi connectivity index (χ1) is 13.5. The van der Waals surface area contributed by atoms with E-state index >= 15 is 0 Å². The quantitative estimate of drug-likeness (QED) is 0.268. The van der Waals surface area contributed by atoms with Crippen molar-refractivity contribution in [2.75, 3.05) is 14.2 Å². The third-order valence-electron chi connectivity index (χ3n) is 4.02. The van der Waals surface area contributed by atoms with Gasteiger partial charge in [0, 0.05) is 15.7 Å². The van der Waals surface area contributed by atoms with Crippen molar-refractivity contribution in [3.05, 3.63) is 78.2 Å². The molecule has 0 atom stereocenters. The van der Waals surface area contributed by atoms with E-state index in [4.69, 9.17) is 21.1 Å². The van der Waals surface area contributed by atoms with Crippen LogP contribution in [0.1, 0.15) is 16.8 Å². The van der Waals surface area contributed by atoms with Gasteiger partial charge in [0.25, 0.3) is 5.56 Å². The summed E-state index contributed by atoms with van der Waals surface area (Å²) in [5.74, 6) is 1.97. The minimum Gasteiger partial charge on any atom is -0.493 e. The van der Waals surface area contributed by atoms with Crippen molar-refractivity contribution in [1.82, 2.24) is 9.97 Å². The molecule has 5 nitrogen and oxygen atoms in total. The van der Waals surface area contributed by atoms with E-state index in [0.29, 0.717) is 34.5 Å². The first kappa shape index (κ1) is 21.0. The predicted molar refractivity (Wildman–Crippen MR) is 121 cm³/mol. The van der Waals surface area contributed by atoms with Gasteiger partial charge in [0.15, 0.2) is 16.7 Å². The van der Waals surface area contributed by atoms with Gasteiger partial charge < -0.3 is 14.5 Å². The van der Waals surface area contributed by atoms with E-state index in [9.17, 15) is 4.79 Å². The van der Waals surface area contributed by atoms with Crippen LogP contribution < -0.4 is 15.0 Å². The molecule has 3 rings (SSSR count). The third kappa shape index (κ3) is 5.21. The molecule has 0 saturated carbocycles. The molecular weight excluding hydrogens is 511 g/mol. The minimum absolute atomic E-state index is 0.105. The summed E-state index contributed by atoms with van der Waals surface area (Å²) in [5, 5.41) is 0.650. The van der Waals surface area contributed by atoms with Gasteiger partial charge in [0.05, 0.1) is 19.9 Å². The number of rotatable bonds is 7. The fraction of sp³-hybridized carbons (Fsp3) is 0.200. The number of nitrogens with zero attached hydrogens (tertiary/aromatic N) is 1. The Morgan fingerprint density at radius 1 is 1.07 bits per heavy atom. The van der Waals surface area contributed by atoms with Crippen LogP contribution in [-0.2, 0) is 12.2 Å². The Morgan fingerprint density at radius 2 is 1.75 bits per heavy atom. The number of hydrogen-bond donors (Lipinski definition) is 1. The molecule has 0 fully saturated rings. The molecule has 1 aromatic heterocycles. The Bertz CT molecular complexity index is 1020. The summed E-state index contributed by atoms with van der Waals surface area (Å²) in [4.78, 5) is 19.5. The number of nitrogens with one attached hydrogen (secondary N) is 1. The van der Waals surface area contributed by atoms with Crippen LogP contribution in [0.15, 0.2) is 52.4 Å². The summed E-state index contributed by atoms with van der Waals surface area (Å²) in [6, 6.07) is 13.8. The van der Waals surface area contributed by atoms with Crippen molar-refractivity contribution in [2.45, 2.75) is 17.3 Å². The highest BCUT2D eigenvalue weighted by atomic mass is 127. The van der Waals surface area contributed by atoms with Crippen molar-refractivity contribution in [2.24, 2.45) is 0 Å². The molecule has 146 valence electrons. The monoisotopic (exact) mass is 528 g/mol. The van der Waals surface area contributed by atoms with Crippen LogP contribution in [0.2, 0.25) is 5.02 Å². The van der Waals surface area contributed by atoms with Crippen molar-refractivity contribution in [1.29, 1.82) is 0 Å². The summed E-state index contributed by atoms with van der Waals surface area (Å²) >= 11 is 9.95. The number of methoxy groups -OCH3 is 2. The Hall–Kier alpha value is -1.71. The van der Waals surface area contributed by atoms with Crippen LogP contribution in [0.5, 0.6) is 11.5 Å². The second-order valence-corrected chi connectivity index (χ2v) is 8.50. The molecule has 0 bridgehead atoms. The number of H-pyrrole nitrogens is 1. The number of ether oxygens (including phenoxy) is 2. The van der Waals surface area contributed by atoms with Crippen LogP contribution in [0.3, 0.4) is 0 Å². The van der Waals surface area contributed by atoms with Crippen LogP contribution in [0.25, 0.3) is 0 Å². The SMILES string of the molecule is COc1ccc(Cc2nc(SCc3ccc(I)cc3)[nH]c(=O)c2Cl)cc1OC. The highest BCUT2D eigenvalue weighted by Crippen LogP contribution is 2.29. The lowest BCUT2D eigenvalue weighted by Crippen LogP contribution is -2.13. The van der Waals surface area contributed by atoms with Crippen LogP contribution >= 0.6 is 46.0 Å². The fourth-order valence-corrected chi connectivity index (χ4v) is 3.94. The lowest BCUT2D eigenvalue weighted by atomic mass is 10.1. The van der Waals surface area contributed by atoms with Gasteiger partial charge in [0.2, 0.25) is 0 Å². The zero-order valence-corrected chi connectivity index (χ0v) is 19.0. The maximum Gasteiger partial charge on any atom is 0.270 e. The molecule has 0 radical (unpaired) electrons. The van der Waals surface area contributed by atoms with Gasteiger partial charge in [-0.1, -0.05) is 41.6 Å². The number of hydrogen-bond acceptors (Lipinski definition) is 5. The van der Waals surface area contributed by atoms with Gasteiger partial charge in [0.1, 0.15) is 5.02 Å². The first-order valence-corrected chi connectivity index (χ1v) is 10.8. The van der Waals surface area contributed by atoms with E-state index in [1.54, 1.807) is 14.2 Å². The van der Waals surface area contributed by atoms with Gasteiger partial charge in [-0.15, -0.1) is 0 Å². The van der Waals surface area contributed by atoms with Gasteiger partial charge >= 0.3 is 0 Å². The molecule has 2 aromatic carbocycles. The molecular formula is C20H18ClIN2O3S. The molecule has 0 unspecified atom stereocenters. The van der Waals surface area contributed by atoms with E-state index in [1.807, 2.05) is 18.2 Å². The summed E-state index contributed by atoms with van der Waals surface area (Å²) in [6.07, 6.45) is 0.417. The molecule has 0 aliphatic heterocycles. The smallest absolute Gasteiger partial charge is 0.270 e. The summed E-state index contributed by atoms with van der Waals surface area (Å²) in [7, 11) is 3.17. The Morgan fingerprint density at radius 3 is 2.43 bits per heavy atom. The number of thioether (sulfide) groups is 1. The molecule has 1 N–H and O–H groups in total. The average Bonchev–Trinajstić information content (AvgIpc) is 2.71. The number of aromatic amines is 1. The minimum atomic E-state index is -0.336. The largest absolute Gasteiger partial charge is 0.493 e. The highest BCUT2D eigenvalue weighted by Gasteiger charge is 2.13. The van der Waals surface area contributed by atoms with Gasteiger partial charge in [-0.05, 0) is 58.0 Å². The molecule has 0 amide bonds. The summed E-state index contributed by atoms with van der Waals surface area (Å²) in [5.41, 5.74) is 2.27. The molecule has 0 aliphatic rings. The van der Waals surface area contributed by atoms with Crippen molar-refractivity contribution in [3.63, 3.8) is 0 Å². The molecule has 0 aliphatic carbocycles. The molecule has 1 heterocycles. The van der Waals surface area contributed by atoms with Crippen molar-refractivity contribution in [3.8, 4) is 11.5 Å². The fourth-order valence-electron chi connectivity index (χ4n) is 2.58. The maximum absolute atomic E-state index is 12.2. The Labute approximate surface area is 186 Å². The van der Waals surface area contributed by atoms with Crippen LogP contribution in [0.4, 0.5) is 0 Å². The van der Waals surface area contributed by atoms with E-state index in [2.05, 4.69) is 56.8 Å². The van der Waals surface area contributed by atoms with Crippen molar-refractivity contribution < 1.29 is 9.47 Å². The lowest BCUT2D eigenvalue weighted by Gasteiger charge is -2.10. The van der Waals surface area contributed by atoms with Gasteiger partial charge in [-0.25, -0.2) is 4.98 Å². The van der Waals surface area contributed by atoms with Crippen molar-refractivity contribution >= 4 is 46.0 Å². The molecule has 28 heavy (non-hydrogen) atoms. The van der Waals surface area contributed by atoms with Gasteiger partial charge in [-0.2, -0.15) is 0 Å². The van der Waals surface area contributed by atoms with Crippen LogP contribution in [-0.4, -0.2) is 24.2 Å². The van der Waals surface area contributed by atoms with E-state index in [0.717, 1.165) is 11.1 Å². The number of halogens is 2. The van der Waals surface area contributed by atoms with Crippen LogP contribution in [0, 0.1) is 3.57 Å². The van der Waals surface area contributed by atoms with E-state index in [1.165, 1.54) is 15.3 Å². The second kappa shape index (κ2) is 9.67. The maximum atomic E-state index is 12.2. The standard InChI is InChI=1S/C20H18ClIN2O3S/c1-26-16-8-5-13(10-17(16)27-2)9-15-18(21)19(25)24-20(23-15)28-11-12-3-6-14(22)7-4-12/h3-8,10H,9,11H2,1-2H3,(H,23,24,25). The third-order valence-corrected chi connectivity index (χ3v) is 6.07. The molecule has 0 spiro atoms. The average molecular weight is 529 g/mol. The molecule has 3 aromatic rings. The molecule has 8 heteroatoms. The predicted octanol–water partition coefficient (Wildman–Crippen LogP) is 4.93. The van der Waals surface area contributed by atoms with Gasteiger partial charge in [-0.3, -0.25) is 4.79 Å². The number of benzene rings is 2.